The highest BCUT2D eigenvalue weighted by atomic mass is 16.1. The molecule has 2 unspecified atom stereocenters. The number of hydrogen-bond donors (Lipinski definition) is 0. The smallest absolute Gasteiger partial charge is 0.142 e. The molecule has 0 N–H and O–H groups in total. The van der Waals surface area contributed by atoms with E-state index in [0.717, 1.165) is 25.7 Å². The summed E-state index contributed by atoms with van der Waals surface area (Å²) < 4.78 is 0. The zero-order valence-electron chi connectivity index (χ0n) is 15.6. The van der Waals surface area contributed by atoms with Crippen LogP contribution in [0, 0.1) is 18.3 Å². The van der Waals surface area contributed by atoms with Gasteiger partial charge < -0.3 is 0 Å². The molecule has 4 saturated carbocycles. The van der Waals surface area contributed by atoms with Crippen LogP contribution in [0.25, 0.3) is 0 Å². The molecule has 0 heterocycles. The van der Waals surface area contributed by atoms with Gasteiger partial charge in [0.25, 0.3) is 0 Å². The summed E-state index contributed by atoms with van der Waals surface area (Å²) in [7, 11) is 0. The highest BCUT2D eigenvalue weighted by molar-refractivity contribution is 5.94. The van der Waals surface area contributed by atoms with Crippen molar-refractivity contribution in [1.29, 1.82) is 0 Å². The number of ketones is 1. The largest absolute Gasteiger partial charge is 0.299 e. The van der Waals surface area contributed by atoms with E-state index in [1.165, 1.54) is 16.7 Å². The molecule has 0 amide bonds. The van der Waals surface area contributed by atoms with E-state index in [-0.39, 0.29) is 5.41 Å². The minimum Gasteiger partial charge on any atom is -0.299 e. The zero-order valence-corrected chi connectivity index (χ0v) is 15.6. The van der Waals surface area contributed by atoms with Gasteiger partial charge in [-0.25, -0.2) is 0 Å². The highest BCUT2D eigenvalue weighted by Gasteiger charge is 2.73. The molecule has 2 aromatic rings. The van der Waals surface area contributed by atoms with Gasteiger partial charge in [-0.15, -0.1) is 0 Å². The number of aryl methyl sites for hydroxylation is 1. The normalized spacial score (nSPS) is 34.0. The van der Waals surface area contributed by atoms with Crippen LogP contribution in [0.3, 0.4) is 0 Å². The number of Topliss-reactive ketones (excluding diaryl/α,β-unsaturated/α-hetero) is 1. The van der Waals surface area contributed by atoms with Crippen LogP contribution in [-0.2, 0) is 10.2 Å². The molecule has 0 aromatic heterocycles. The lowest BCUT2D eigenvalue weighted by molar-refractivity contribution is -0.175. The van der Waals surface area contributed by atoms with Gasteiger partial charge in [-0.2, -0.15) is 0 Å². The summed E-state index contributed by atoms with van der Waals surface area (Å²) in [6.45, 7) is 6.12. The quantitative estimate of drug-likeness (QED) is 0.690. The van der Waals surface area contributed by atoms with Gasteiger partial charge in [0.05, 0.1) is 0 Å². The summed E-state index contributed by atoms with van der Waals surface area (Å²) in [6, 6.07) is 19.5. The summed E-state index contributed by atoms with van der Waals surface area (Å²) in [6.07, 6.45) is 4.36. The van der Waals surface area contributed by atoms with E-state index in [1.807, 2.05) is 13.8 Å². The van der Waals surface area contributed by atoms with E-state index in [4.69, 9.17) is 0 Å². The van der Waals surface area contributed by atoms with Crippen LogP contribution in [0.15, 0.2) is 54.6 Å². The first-order chi connectivity index (χ1) is 12.1. The maximum absolute atomic E-state index is 13.0. The predicted octanol–water partition coefficient (Wildman–Crippen LogP) is 5.82. The van der Waals surface area contributed by atoms with Crippen molar-refractivity contribution in [1.82, 2.24) is 0 Å². The Balaban J connectivity index is 0.000000758. The Morgan fingerprint density at radius 3 is 2.12 bits per heavy atom. The standard InChI is InChI=1S/C22H22O.C2H6/c1-15-7-9-16(10-8-15)18-11-19(18)20(23)22-12-21(13-22,14-22)17-5-3-2-4-6-17;1-2/h2-10,18-19H,11-14H2,1H3;1-2H3. The van der Waals surface area contributed by atoms with Gasteiger partial charge >= 0.3 is 0 Å². The lowest BCUT2D eigenvalue weighted by Gasteiger charge is -2.70. The van der Waals surface area contributed by atoms with Crippen molar-refractivity contribution in [3.8, 4) is 0 Å². The number of benzene rings is 2. The van der Waals surface area contributed by atoms with Gasteiger partial charge in [-0.3, -0.25) is 4.79 Å². The average molecular weight is 332 g/mol. The fraction of sp³-hybridized carbons (Fsp3) is 0.458. The van der Waals surface area contributed by atoms with Gasteiger partial charge in [0, 0.05) is 11.3 Å². The molecule has 2 atom stereocenters. The first kappa shape index (κ1) is 16.6. The molecule has 0 aliphatic heterocycles. The van der Waals surface area contributed by atoms with Crippen molar-refractivity contribution in [2.45, 2.75) is 57.8 Å². The molecule has 2 bridgehead atoms. The monoisotopic (exact) mass is 332 g/mol. The molecule has 0 saturated heterocycles. The van der Waals surface area contributed by atoms with Crippen LogP contribution < -0.4 is 0 Å². The summed E-state index contributed by atoms with van der Waals surface area (Å²) in [4.78, 5) is 13.0. The first-order valence-electron chi connectivity index (χ1n) is 9.78. The fourth-order valence-electron chi connectivity index (χ4n) is 5.21. The molecule has 25 heavy (non-hydrogen) atoms. The van der Waals surface area contributed by atoms with Crippen LogP contribution in [0.2, 0.25) is 0 Å². The Morgan fingerprint density at radius 2 is 1.52 bits per heavy atom. The summed E-state index contributed by atoms with van der Waals surface area (Å²) in [5.41, 5.74) is 4.48. The van der Waals surface area contributed by atoms with Crippen LogP contribution >= 0.6 is 0 Å². The molecule has 6 rings (SSSR count). The number of carbonyl (C=O) groups is 1. The van der Waals surface area contributed by atoms with Crippen LogP contribution in [0.1, 0.15) is 62.1 Å². The van der Waals surface area contributed by atoms with E-state index in [1.54, 1.807) is 0 Å². The Morgan fingerprint density at radius 1 is 0.920 bits per heavy atom. The number of rotatable bonds is 4. The van der Waals surface area contributed by atoms with Crippen molar-refractivity contribution in [3.63, 3.8) is 0 Å². The van der Waals surface area contributed by atoms with Gasteiger partial charge in [0.15, 0.2) is 0 Å². The van der Waals surface area contributed by atoms with Gasteiger partial charge in [-0.1, -0.05) is 74.0 Å². The maximum atomic E-state index is 13.0. The molecule has 0 radical (unpaired) electrons. The molecular weight excluding hydrogens is 304 g/mol. The molecule has 130 valence electrons. The Hall–Kier alpha value is -1.89. The van der Waals surface area contributed by atoms with E-state index in [0.29, 0.717) is 23.0 Å². The summed E-state index contributed by atoms with van der Waals surface area (Å²) in [5, 5.41) is 0. The molecule has 4 fully saturated rings. The molecule has 1 nitrogen and oxygen atoms in total. The third-order valence-corrected chi connectivity index (χ3v) is 6.57. The number of carbonyl (C=O) groups excluding carboxylic acids is 1. The minimum absolute atomic E-state index is 0.0416. The average Bonchev–Trinajstić information content (AvgIpc) is 3.36. The molecular formula is C24H28O. The highest BCUT2D eigenvalue weighted by Crippen LogP contribution is 2.75. The van der Waals surface area contributed by atoms with Crippen LogP contribution in [0.5, 0.6) is 0 Å². The maximum Gasteiger partial charge on any atom is 0.142 e. The number of hydrogen-bond acceptors (Lipinski definition) is 1. The molecule has 4 aliphatic rings. The van der Waals surface area contributed by atoms with Crippen LogP contribution in [0.4, 0.5) is 0 Å². The second-order valence-corrected chi connectivity index (χ2v) is 8.18. The predicted molar refractivity (Wildman–Crippen MR) is 103 cm³/mol. The summed E-state index contributed by atoms with van der Waals surface area (Å²) >= 11 is 0. The minimum atomic E-state index is 0.0416. The van der Waals surface area contributed by atoms with Crippen molar-refractivity contribution in [2.24, 2.45) is 11.3 Å². The third-order valence-electron chi connectivity index (χ3n) is 6.57. The second-order valence-electron chi connectivity index (χ2n) is 8.18. The van der Waals surface area contributed by atoms with Gasteiger partial charge in [0.1, 0.15) is 5.78 Å². The van der Waals surface area contributed by atoms with E-state index >= 15 is 0 Å². The molecule has 1 heteroatoms. The zero-order chi connectivity index (χ0) is 17.7. The third kappa shape index (κ3) is 2.47. The van der Waals surface area contributed by atoms with Crippen molar-refractivity contribution < 1.29 is 4.79 Å². The van der Waals surface area contributed by atoms with Gasteiger partial charge in [-0.05, 0) is 55.1 Å². The molecule has 0 spiro atoms. The lowest BCUT2D eigenvalue weighted by Crippen LogP contribution is -2.68. The van der Waals surface area contributed by atoms with E-state index in [2.05, 4.69) is 61.5 Å². The van der Waals surface area contributed by atoms with E-state index < -0.39 is 0 Å². The first-order valence-corrected chi connectivity index (χ1v) is 9.78. The summed E-state index contributed by atoms with van der Waals surface area (Å²) in [5.74, 6) is 1.36. The van der Waals surface area contributed by atoms with Crippen molar-refractivity contribution in [2.75, 3.05) is 0 Å². The lowest BCUT2D eigenvalue weighted by atomic mass is 9.32. The van der Waals surface area contributed by atoms with E-state index in [9.17, 15) is 4.79 Å². The van der Waals surface area contributed by atoms with Crippen LogP contribution in [-0.4, -0.2) is 5.78 Å². The molecule has 4 aliphatic carbocycles. The van der Waals surface area contributed by atoms with Crippen molar-refractivity contribution >= 4 is 5.78 Å². The Labute approximate surface area is 151 Å². The topological polar surface area (TPSA) is 17.1 Å². The van der Waals surface area contributed by atoms with Crippen molar-refractivity contribution in [3.05, 3.63) is 71.3 Å². The van der Waals surface area contributed by atoms with Gasteiger partial charge in [0.2, 0.25) is 0 Å². The SMILES string of the molecule is CC.Cc1ccc(C2CC2C(=O)C23CC(c4ccccc4)(C2)C3)cc1. The Kier molecular flexibility index (Phi) is 3.86. The Bertz CT molecular complexity index is 752. The fourth-order valence-corrected chi connectivity index (χ4v) is 5.21. The molecule has 2 aromatic carbocycles. The second kappa shape index (κ2) is 5.83.